The van der Waals surface area contributed by atoms with Gasteiger partial charge < -0.3 is 14.6 Å². The van der Waals surface area contributed by atoms with Crippen molar-refractivity contribution in [2.45, 2.75) is 19.4 Å². The van der Waals surface area contributed by atoms with Crippen LogP contribution in [0.1, 0.15) is 28.6 Å². The number of hydrogen-bond donors (Lipinski definition) is 2. The topological polar surface area (TPSA) is 56.8 Å². The number of aryl methyl sites for hydroxylation is 1. The van der Waals surface area contributed by atoms with Crippen LogP contribution in [0.5, 0.6) is 11.5 Å². The summed E-state index contributed by atoms with van der Waals surface area (Å²) in [7, 11) is 2.05. The summed E-state index contributed by atoms with van der Waals surface area (Å²) in [5, 5.41) is 19.1. The zero-order valence-electron chi connectivity index (χ0n) is 11.1. The third kappa shape index (κ3) is 2.08. The molecule has 1 aromatic heterocycles. The Labute approximate surface area is 111 Å². The average molecular weight is 259 g/mol. The first-order valence-corrected chi connectivity index (χ1v) is 6.34. The molecule has 1 aromatic carbocycles. The highest BCUT2D eigenvalue weighted by Gasteiger charge is 2.28. The lowest BCUT2D eigenvalue weighted by Crippen LogP contribution is -2.30. The standard InChI is InChI=1S/C15H17NO3/c1-9-5-11-12(7-16(2)8-15(11)19-9)10-3-4-13(17)14(18)6-10/h3-6,12,17-18H,7-8H2,1-2H3. The lowest BCUT2D eigenvalue weighted by molar-refractivity contribution is 0.260. The van der Waals surface area contributed by atoms with Crippen LogP contribution in [0.25, 0.3) is 0 Å². The molecule has 2 heterocycles. The third-order valence-electron chi connectivity index (χ3n) is 3.65. The van der Waals surface area contributed by atoms with E-state index in [2.05, 4.69) is 11.0 Å². The van der Waals surface area contributed by atoms with Crippen molar-refractivity contribution < 1.29 is 14.6 Å². The van der Waals surface area contributed by atoms with E-state index >= 15 is 0 Å². The van der Waals surface area contributed by atoms with E-state index in [1.54, 1.807) is 6.07 Å². The van der Waals surface area contributed by atoms with E-state index in [4.69, 9.17) is 4.42 Å². The van der Waals surface area contributed by atoms with Crippen molar-refractivity contribution >= 4 is 0 Å². The highest BCUT2D eigenvalue weighted by atomic mass is 16.3. The largest absolute Gasteiger partial charge is 0.504 e. The Bertz CT molecular complexity index is 618. The van der Waals surface area contributed by atoms with Crippen molar-refractivity contribution in [3.05, 3.63) is 46.9 Å². The molecule has 0 spiro atoms. The van der Waals surface area contributed by atoms with Crippen LogP contribution in [-0.4, -0.2) is 28.7 Å². The predicted molar refractivity (Wildman–Crippen MR) is 71.4 cm³/mol. The van der Waals surface area contributed by atoms with Gasteiger partial charge in [0.2, 0.25) is 0 Å². The first-order valence-electron chi connectivity index (χ1n) is 6.34. The first kappa shape index (κ1) is 12.1. The van der Waals surface area contributed by atoms with Crippen LogP contribution in [0.3, 0.4) is 0 Å². The van der Waals surface area contributed by atoms with E-state index < -0.39 is 0 Å². The summed E-state index contributed by atoms with van der Waals surface area (Å²) in [6, 6.07) is 7.08. The fourth-order valence-corrected chi connectivity index (χ4v) is 2.76. The number of phenolic OH excluding ortho intramolecular Hbond substituents is 2. The molecule has 3 rings (SSSR count). The number of phenols is 2. The number of furan rings is 1. The van der Waals surface area contributed by atoms with Crippen molar-refractivity contribution in [3.63, 3.8) is 0 Å². The van der Waals surface area contributed by atoms with Crippen LogP contribution in [0.2, 0.25) is 0 Å². The molecule has 2 N–H and O–H groups in total. The van der Waals surface area contributed by atoms with E-state index in [9.17, 15) is 10.2 Å². The van der Waals surface area contributed by atoms with Gasteiger partial charge in [-0.15, -0.1) is 0 Å². The highest BCUT2D eigenvalue weighted by Crippen LogP contribution is 2.37. The summed E-state index contributed by atoms with van der Waals surface area (Å²) in [4.78, 5) is 2.19. The summed E-state index contributed by atoms with van der Waals surface area (Å²) in [6.45, 7) is 3.63. The molecule has 0 amide bonds. The molecule has 1 atom stereocenters. The Morgan fingerprint density at radius 2 is 2.00 bits per heavy atom. The molecule has 4 nitrogen and oxygen atoms in total. The first-order chi connectivity index (χ1) is 9.04. The van der Waals surface area contributed by atoms with Gasteiger partial charge in [-0.25, -0.2) is 0 Å². The highest BCUT2D eigenvalue weighted by molar-refractivity contribution is 5.46. The van der Waals surface area contributed by atoms with Gasteiger partial charge in [0, 0.05) is 18.0 Å². The maximum atomic E-state index is 9.66. The molecule has 19 heavy (non-hydrogen) atoms. The van der Waals surface area contributed by atoms with Crippen LogP contribution in [-0.2, 0) is 6.54 Å². The molecule has 0 radical (unpaired) electrons. The number of nitrogens with zero attached hydrogens (tertiary/aromatic N) is 1. The van der Waals surface area contributed by atoms with Gasteiger partial charge in [-0.3, -0.25) is 4.90 Å². The number of hydrogen-bond acceptors (Lipinski definition) is 4. The van der Waals surface area contributed by atoms with E-state index in [0.717, 1.165) is 30.2 Å². The van der Waals surface area contributed by atoms with E-state index in [1.165, 1.54) is 11.6 Å². The van der Waals surface area contributed by atoms with Gasteiger partial charge >= 0.3 is 0 Å². The molecule has 4 heteroatoms. The Kier molecular flexibility index (Phi) is 2.75. The zero-order chi connectivity index (χ0) is 13.6. The van der Waals surface area contributed by atoms with Gasteiger partial charge in [-0.2, -0.15) is 0 Å². The average Bonchev–Trinajstić information content (AvgIpc) is 2.72. The normalized spacial score (nSPS) is 19.4. The minimum atomic E-state index is -0.0866. The van der Waals surface area contributed by atoms with Gasteiger partial charge in [0.15, 0.2) is 11.5 Å². The van der Waals surface area contributed by atoms with Crippen molar-refractivity contribution in [1.82, 2.24) is 4.90 Å². The fourth-order valence-electron chi connectivity index (χ4n) is 2.76. The van der Waals surface area contributed by atoms with Gasteiger partial charge in [0.25, 0.3) is 0 Å². The lowest BCUT2D eigenvalue weighted by atomic mass is 9.88. The Morgan fingerprint density at radius 3 is 2.74 bits per heavy atom. The quantitative estimate of drug-likeness (QED) is 0.773. The zero-order valence-corrected chi connectivity index (χ0v) is 11.1. The van der Waals surface area contributed by atoms with Crippen molar-refractivity contribution in [2.24, 2.45) is 0 Å². The minimum Gasteiger partial charge on any atom is -0.504 e. The second-order valence-corrected chi connectivity index (χ2v) is 5.23. The molecule has 0 saturated heterocycles. The van der Waals surface area contributed by atoms with Gasteiger partial charge in [-0.05, 0) is 37.7 Å². The van der Waals surface area contributed by atoms with Gasteiger partial charge in [0.05, 0.1) is 6.54 Å². The van der Waals surface area contributed by atoms with Gasteiger partial charge in [0.1, 0.15) is 11.5 Å². The van der Waals surface area contributed by atoms with Crippen molar-refractivity contribution in [3.8, 4) is 11.5 Å². The van der Waals surface area contributed by atoms with Crippen LogP contribution in [0, 0.1) is 6.92 Å². The summed E-state index contributed by atoms with van der Waals surface area (Å²) in [5.41, 5.74) is 2.17. The number of rotatable bonds is 1. The summed E-state index contributed by atoms with van der Waals surface area (Å²) in [5.74, 6) is 1.90. The van der Waals surface area contributed by atoms with E-state index in [1.807, 2.05) is 20.0 Å². The second kappa shape index (κ2) is 4.31. The van der Waals surface area contributed by atoms with Crippen molar-refractivity contribution in [1.29, 1.82) is 0 Å². The Hall–Kier alpha value is -1.94. The molecule has 100 valence electrons. The van der Waals surface area contributed by atoms with E-state index in [0.29, 0.717) is 0 Å². The molecule has 1 aliphatic heterocycles. The summed E-state index contributed by atoms with van der Waals surface area (Å²) < 4.78 is 5.73. The predicted octanol–water partition coefficient (Wildman–Crippen LogP) is 2.58. The van der Waals surface area contributed by atoms with Crippen LogP contribution >= 0.6 is 0 Å². The Morgan fingerprint density at radius 1 is 1.21 bits per heavy atom. The molecule has 1 aliphatic rings. The maximum absolute atomic E-state index is 9.66. The van der Waals surface area contributed by atoms with Crippen LogP contribution in [0.4, 0.5) is 0 Å². The molecular weight excluding hydrogens is 242 g/mol. The molecule has 1 unspecified atom stereocenters. The van der Waals surface area contributed by atoms with Gasteiger partial charge in [-0.1, -0.05) is 6.07 Å². The number of fused-ring (bicyclic) bond motifs is 1. The number of likely N-dealkylation sites (N-methyl/N-ethyl adjacent to an activating group) is 1. The minimum absolute atomic E-state index is 0.0764. The molecule has 0 aliphatic carbocycles. The third-order valence-corrected chi connectivity index (χ3v) is 3.65. The van der Waals surface area contributed by atoms with E-state index in [-0.39, 0.29) is 17.4 Å². The van der Waals surface area contributed by atoms with Crippen molar-refractivity contribution in [2.75, 3.05) is 13.6 Å². The number of aromatic hydroxyl groups is 2. The lowest BCUT2D eigenvalue weighted by Gasteiger charge is -2.29. The van der Waals surface area contributed by atoms with Crippen LogP contribution in [0.15, 0.2) is 28.7 Å². The monoisotopic (exact) mass is 259 g/mol. The fraction of sp³-hybridized carbons (Fsp3) is 0.333. The Balaban J connectivity index is 2.06. The smallest absolute Gasteiger partial charge is 0.157 e. The molecule has 0 fully saturated rings. The number of benzene rings is 1. The summed E-state index contributed by atoms with van der Waals surface area (Å²) in [6.07, 6.45) is 0. The summed E-state index contributed by atoms with van der Waals surface area (Å²) >= 11 is 0. The van der Waals surface area contributed by atoms with Crippen LogP contribution < -0.4 is 0 Å². The maximum Gasteiger partial charge on any atom is 0.157 e. The molecule has 0 bridgehead atoms. The molecular formula is C15H17NO3. The second-order valence-electron chi connectivity index (χ2n) is 5.23. The molecule has 0 saturated carbocycles. The SMILES string of the molecule is Cc1cc2c(o1)CN(C)CC2c1ccc(O)c(O)c1. The molecule has 2 aromatic rings.